The topological polar surface area (TPSA) is 104 Å². The molecule has 0 saturated carbocycles. The van der Waals surface area contributed by atoms with Crippen molar-refractivity contribution in [2.24, 2.45) is 5.92 Å². The Morgan fingerprint density at radius 2 is 1.09 bits per heavy atom. The van der Waals surface area contributed by atoms with Crippen molar-refractivity contribution in [3.8, 4) is 0 Å². The van der Waals surface area contributed by atoms with Crippen molar-refractivity contribution in [1.29, 1.82) is 0 Å². The molecule has 0 spiro atoms. The van der Waals surface area contributed by atoms with Crippen LogP contribution >= 0.6 is 7.82 Å². The van der Waals surface area contributed by atoms with E-state index in [0.29, 0.717) is 45.6 Å². The number of hydrogen-bond acceptors (Lipinski definition) is 6. The highest BCUT2D eigenvalue weighted by atomic mass is 31.2. The van der Waals surface area contributed by atoms with Gasteiger partial charge in [0.05, 0.1) is 52.9 Å². The van der Waals surface area contributed by atoms with Crippen molar-refractivity contribution >= 4 is 7.82 Å². The maximum absolute atomic E-state index is 10.3. The smallest absolute Gasteiger partial charge is 0.379 e. The van der Waals surface area contributed by atoms with Gasteiger partial charge in [-0.1, -0.05) is 13.8 Å². The van der Waals surface area contributed by atoms with E-state index in [0.717, 1.165) is 13.0 Å². The molecule has 134 valence electrons. The van der Waals surface area contributed by atoms with Gasteiger partial charge in [0.25, 0.3) is 0 Å². The maximum atomic E-state index is 10.3. The number of ether oxygens (including phenoxy) is 4. The van der Waals surface area contributed by atoms with Gasteiger partial charge < -0.3 is 28.7 Å². The van der Waals surface area contributed by atoms with Gasteiger partial charge in [-0.2, -0.15) is 0 Å². The average molecular weight is 344 g/mol. The molecule has 8 nitrogen and oxygen atoms in total. The molecule has 0 aliphatic rings. The Hall–Kier alpha value is -0.0500. The van der Waals surface area contributed by atoms with Crippen LogP contribution in [0.5, 0.6) is 0 Å². The molecule has 0 aliphatic carbocycles. The summed E-state index contributed by atoms with van der Waals surface area (Å²) in [6, 6.07) is 0. The van der Waals surface area contributed by atoms with Crippen molar-refractivity contribution in [3.05, 3.63) is 0 Å². The Kier molecular flexibility index (Phi) is 14.5. The zero-order valence-electron chi connectivity index (χ0n) is 13.4. The van der Waals surface area contributed by atoms with Crippen molar-refractivity contribution < 1.29 is 37.8 Å². The van der Waals surface area contributed by atoms with Crippen LogP contribution in [0.2, 0.25) is 0 Å². The Labute approximate surface area is 132 Å². The molecule has 0 bridgehead atoms. The van der Waals surface area contributed by atoms with E-state index < -0.39 is 7.82 Å². The van der Waals surface area contributed by atoms with Gasteiger partial charge in [-0.05, 0) is 12.3 Å². The minimum atomic E-state index is -4.39. The first-order valence-electron chi connectivity index (χ1n) is 7.43. The monoisotopic (exact) mass is 344 g/mol. The molecule has 0 rings (SSSR count). The van der Waals surface area contributed by atoms with Gasteiger partial charge in [-0.3, -0.25) is 4.52 Å². The molecule has 0 radical (unpaired) electrons. The zero-order chi connectivity index (χ0) is 16.7. The molecule has 0 saturated heterocycles. The van der Waals surface area contributed by atoms with Crippen LogP contribution in [0.3, 0.4) is 0 Å². The summed E-state index contributed by atoms with van der Waals surface area (Å²) in [5.74, 6) is 0.653. The van der Waals surface area contributed by atoms with Crippen LogP contribution in [0.1, 0.15) is 20.3 Å². The first kappa shape index (κ1) is 21.9. The molecule has 0 atom stereocenters. The normalized spacial score (nSPS) is 12.2. The van der Waals surface area contributed by atoms with Crippen LogP contribution in [0.15, 0.2) is 0 Å². The molecule has 2 N–H and O–H groups in total. The third kappa shape index (κ3) is 19.9. The van der Waals surface area contributed by atoms with Crippen LogP contribution in [0.25, 0.3) is 0 Å². The second kappa shape index (κ2) is 14.5. The highest BCUT2D eigenvalue weighted by Gasteiger charge is 2.12. The second-order valence-electron chi connectivity index (χ2n) is 4.96. The summed E-state index contributed by atoms with van der Waals surface area (Å²) in [6.45, 7) is 7.88. The highest BCUT2D eigenvalue weighted by molar-refractivity contribution is 7.46. The van der Waals surface area contributed by atoms with E-state index in [9.17, 15) is 4.57 Å². The van der Waals surface area contributed by atoms with Crippen molar-refractivity contribution in [2.45, 2.75) is 20.3 Å². The molecule has 0 amide bonds. The average Bonchev–Trinajstić information content (AvgIpc) is 2.41. The molecular weight excluding hydrogens is 315 g/mol. The summed E-state index contributed by atoms with van der Waals surface area (Å²) in [6.07, 6.45) is 1.06. The Bertz CT molecular complexity index is 281. The van der Waals surface area contributed by atoms with Crippen molar-refractivity contribution in [3.63, 3.8) is 0 Å². The predicted molar refractivity (Wildman–Crippen MR) is 80.7 cm³/mol. The lowest BCUT2D eigenvalue weighted by atomic mass is 10.1. The van der Waals surface area contributed by atoms with E-state index in [1.165, 1.54) is 0 Å². The van der Waals surface area contributed by atoms with Gasteiger partial charge in [0.2, 0.25) is 0 Å². The number of rotatable bonds is 16. The van der Waals surface area contributed by atoms with Crippen LogP contribution in [0.4, 0.5) is 0 Å². The molecule has 0 aromatic rings. The Morgan fingerprint density at radius 3 is 1.45 bits per heavy atom. The van der Waals surface area contributed by atoms with Crippen molar-refractivity contribution in [2.75, 3.05) is 59.5 Å². The van der Waals surface area contributed by atoms with Gasteiger partial charge >= 0.3 is 7.82 Å². The highest BCUT2D eigenvalue weighted by Crippen LogP contribution is 2.35. The summed E-state index contributed by atoms with van der Waals surface area (Å²) in [7, 11) is -4.39. The minimum Gasteiger partial charge on any atom is -0.379 e. The summed E-state index contributed by atoms with van der Waals surface area (Å²) < 4.78 is 35.6. The lowest BCUT2D eigenvalue weighted by Gasteiger charge is -2.08. The third-order valence-corrected chi connectivity index (χ3v) is 2.96. The fourth-order valence-corrected chi connectivity index (χ4v) is 1.61. The summed E-state index contributed by atoms with van der Waals surface area (Å²) in [4.78, 5) is 16.8. The third-order valence-electron chi connectivity index (χ3n) is 2.44. The minimum absolute atomic E-state index is 0.110. The number of hydrogen-bond donors (Lipinski definition) is 2. The molecule has 0 aromatic carbocycles. The summed E-state index contributed by atoms with van der Waals surface area (Å²) >= 11 is 0. The second-order valence-corrected chi connectivity index (χ2v) is 6.20. The lowest BCUT2D eigenvalue weighted by Crippen LogP contribution is -2.13. The molecule has 22 heavy (non-hydrogen) atoms. The Balaban J connectivity index is 3.04. The number of phosphoric acid groups is 1. The van der Waals surface area contributed by atoms with Crippen LogP contribution in [-0.4, -0.2) is 69.2 Å². The zero-order valence-corrected chi connectivity index (χ0v) is 14.3. The first-order chi connectivity index (χ1) is 10.4. The molecule has 0 fully saturated rings. The molecule has 0 heterocycles. The summed E-state index contributed by atoms with van der Waals surface area (Å²) in [5, 5.41) is 0. The van der Waals surface area contributed by atoms with E-state index in [1.54, 1.807) is 0 Å². The van der Waals surface area contributed by atoms with Gasteiger partial charge in [0.15, 0.2) is 0 Å². The van der Waals surface area contributed by atoms with E-state index in [-0.39, 0.29) is 13.2 Å². The number of phosphoric ester groups is 1. The standard InChI is InChI=1S/C13H29O8P/c1-13(2)3-4-17-5-6-18-7-8-19-9-10-20-11-12-21-22(14,15)16/h13H,3-12H2,1-2H3,(H2,14,15,16). The van der Waals surface area contributed by atoms with Crippen LogP contribution in [-0.2, 0) is 28.0 Å². The molecule has 9 heteroatoms. The molecule has 0 aliphatic heterocycles. The summed E-state index contributed by atoms with van der Waals surface area (Å²) in [5.41, 5.74) is 0. The first-order valence-corrected chi connectivity index (χ1v) is 8.96. The van der Waals surface area contributed by atoms with Crippen LogP contribution < -0.4 is 0 Å². The van der Waals surface area contributed by atoms with E-state index >= 15 is 0 Å². The van der Waals surface area contributed by atoms with Gasteiger partial charge in [0, 0.05) is 6.61 Å². The molecule has 0 aromatic heterocycles. The fourth-order valence-electron chi connectivity index (χ4n) is 1.30. The van der Waals surface area contributed by atoms with Gasteiger partial charge in [-0.15, -0.1) is 0 Å². The van der Waals surface area contributed by atoms with E-state index in [1.807, 2.05) is 0 Å². The quantitative estimate of drug-likeness (QED) is 0.318. The van der Waals surface area contributed by atoms with E-state index in [2.05, 4.69) is 18.4 Å². The Morgan fingerprint density at radius 1 is 0.727 bits per heavy atom. The predicted octanol–water partition coefficient (Wildman–Crippen LogP) is 1.21. The SMILES string of the molecule is CC(C)CCOCCOCCOCCOCCOP(=O)(O)O. The van der Waals surface area contributed by atoms with E-state index in [4.69, 9.17) is 28.7 Å². The maximum Gasteiger partial charge on any atom is 0.469 e. The van der Waals surface area contributed by atoms with Gasteiger partial charge in [-0.25, -0.2) is 4.57 Å². The fraction of sp³-hybridized carbons (Fsp3) is 1.00. The van der Waals surface area contributed by atoms with Crippen molar-refractivity contribution in [1.82, 2.24) is 0 Å². The lowest BCUT2D eigenvalue weighted by molar-refractivity contribution is -0.00625. The van der Waals surface area contributed by atoms with Crippen LogP contribution in [0, 0.1) is 5.92 Å². The largest absolute Gasteiger partial charge is 0.469 e. The van der Waals surface area contributed by atoms with Gasteiger partial charge in [0.1, 0.15) is 0 Å². The molecular formula is C13H29O8P. The molecule has 0 unspecified atom stereocenters.